The maximum absolute atomic E-state index is 12.4. The van der Waals surface area contributed by atoms with E-state index in [1.807, 2.05) is 37.1 Å². The van der Waals surface area contributed by atoms with Crippen LogP contribution in [0.5, 0.6) is 5.75 Å². The Labute approximate surface area is 256 Å². The molecule has 1 aromatic carbocycles. The van der Waals surface area contributed by atoms with Crippen LogP contribution in [0, 0.1) is 5.92 Å². The van der Waals surface area contributed by atoms with E-state index in [2.05, 4.69) is 33.6 Å². The Morgan fingerprint density at radius 3 is 2.49 bits per heavy atom. The van der Waals surface area contributed by atoms with E-state index >= 15 is 0 Å². The second-order valence-electron chi connectivity index (χ2n) is 11.7. The smallest absolute Gasteiger partial charge is 0.412 e. The fourth-order valence-corrected chi connectivity index (χ4v) is 6.34. The number of anilines is 1. The van der Waals surface area contributed by atoms with Crippen molar-refractivity contribution in [2.75, 3.05) is 38.6 Å². The zero-order valence-electron chi connectivity index (χ0n) is 26.4. The molecular formula is C33H48N6O4. The molecule has 1 atom stereocenters. The average molecular weight is 593 g/mol. The van der Waals surface area contributed by atoms with Crippen LogP contribution < -0.4 is 15.8 Å². The molecule has 1 unspecified atom stereocenters. The van der Waals surface area contributed by atoms with Crippen LogP contribution in [0.2, 0.25) is 0 Å². The first-order valence-corrected chi connectivity index (χ1v) is 15.5. The molecule has 3 N–H and O–H groups in total. The lowest BCUT2D eigenvalue weighted by Gasteiger charge is -2.43. The molecule has 2 aliphatic heterocycles. The number of aliphatic imine (C=N–C) groups is 1. The third-order valence-electron chi connectivity index (χ3n) is 8.83. The highest BCUT2D eigenvalue weighted by Crippen LogP contribution is 2.37. The van der Waals surface area contributed by atoms with E-state index < -0.39 is 6.09 Å². The molecule has 2 fully saturated rings. The maximum Gasteiger partial charge on any atom is 0.412 e. The summed E-state index contributed by atoms with van der Waals surface area (Å²) in [5, 5.41) is 2.79. The molecule has 0 aromatic heterocycles. The number of benzene rings is 1. The molecule has 2 heterocycles. The number of methoxy groups -OCH3 is 1. The van der Waals surface area contributed by atoms with Gasteiger partial charge in [-0.25, -0.2) is 4.79 Å². The fourth-order valence-electron chi connectivity index (χ4n) is 6.34. The molecule has 4 rings (SSSR count). The van der Waals surface area contributed by atoms with Crippen molar-refractivity contribution in [2.45, 2.75) is 78.4 Å². The van der Waals surface area contributed by atoms with Gasteiger partial charge in [0, 0.05) is 62.8 Å². The van der Waals surface area contributed by atoms with Crippen LogP contribution in [0.4, 0.5) is 10.5 Å². The molecule has 1 saturated heterocycles. The second kappa shape index (κ2) is 14.6. The number of carbonyl (C=O) groups excluding carboxylic acids is 2. The van der Waals surface area contributed by atoms with Crippen LogP contribution in [0.25, 0.3) is 5.70 Å². The molecule has 0 spiro atoms. The van der Waals surface area contributed by atoms with Crippen molar-refractivity contribution in [1.29, 1.82) is 0 Å². The molecule has 2 amide bonds. The zero-order chi connectivity index (χ0) is 31.1. The minimum Gasteiger partial charge on any atom is -0.495 e. The van der Waals surface area contributed by atoms with Gasteiger partial charge in [0.2, 0.25) is 5.91 Å². The van der Waals surface area contributed by atoms with Crippen molar-refractivity contribution < 1.29 is 19.1 Å². The van der Waals surface area contributed by atoms with E-state index in [1.165, 1.54) is 0 Å². The summed E-state index contributed by atoms with van der Waals surface area (Å²) in [6.45, 7) is 15.6. The van der Waals surface area contributed by atoms with Gasteiger partial charge in [0.25, 0.3) is 0 Å². The summed E-state index contributed by atoms with van der Waals surface area (Å²) in [7, 11) is 1.56. The maximum atomic E-state index is 12.4. The second-order valence-corrected chi connectivity index (χ2v) is 11.7. The number of nitrogens with one attached hydrogen (secondary N) is 1. The lowest BCUT2D eigenvalue weighted by molar-refractivity contribution is -0.131. The summed E-state index contributed by atoms with van der Waals surface area (Å²) in [6.07, 6.45) is 9.07. The van der Waals surface area contributed by atoms with Crippen molar-refractivity contribution in [3.05, 3.63) is 54.1 Å². The number of ether oxygens (including phenoxy) is 2. The number of nitrogens with two attached hydrogens (primary N) is 1. The Morgan fingerprint density at radius 2 is 1.86 bits per heavy atom. The number of hydrogen-bond donors (Lipinski definition) is 2. The van der Waals surface area contributed by atoms with Crippen molar-refractivity contribution in [2.24, 2.45) is 16.6 Å². The lowest BCUT2D eigenvalue weighted by atomic mass is 9.82. The van der Waals surface area contributed by atoms with E-state index in [4.69, 9.17) is 15.2 Å². The minimum atomic E-state index is -0.519. The summed E-state index contributed by atoms with van der Waals surface area (Å²) in [5.41, 5.74) is 11.2. The van der Waals surface area contributed by atoms with Gasteiger partial charge in [-0.15, -0.1) is 0 Å². The van der Waals surface area contributed by atoms with Crippen LogP contribution in [-0.4, -0.2) is 77.8 Å². The van der Waals surface area contributed by atoms with Crippen LogP contribution in [0.15, 0.2) is 53.6 Å². The molecule has 1 saturated carbocycles. The van der Waals surface area contributed by atoms with E-state index in [1.54, 1.807) is 26.3 Å². The molecule has 234 valence electrons. The van der Waals surface area contributed by atoms with Gasteiger partial charge in [0.15, 0.2) is 0 Å². The average Bonchev–Trinajstić information content (AvgIpc) is 3.00. The van der Waals surface area contributed by atoms with Crippen LogP contribution in [0.1, 0.15) is 71.8 Å². The van der Waals surface area contributed by atoms with E-state index in [0.717, 1.165) is 87.4 Å². The molecule has 43 heavy (non-hydrogen) atoms. The Kier molecular flexibility index (Phi) is 10.9. The highest BCUT2D eigenvalue weighted by atomic mass is 16.6. The molecule has 10 heteroatoms. The molecule has 10 nitrogen and oxygen atoms in total. The van der Waals surface area contributed by atoms with Gasteiger partial charge < -0.3 is 25.0 Å². The van der Waals surface area contributed by atoms with E-state index in [0.29, 0.717) is 29.1 Å². The molecular weight excluding hydrogens is 544 g/mol. The fraction of sp³-hybridized carbons (Fsp3) is 0.545. The normalized spacial score (nSPS) is 22.9. The van der Waals surface area contributed by atoms with Crippen molar-refractivity contribution >= 4 is 29.1 Å². The number of hydrogen-bond acceptors (Lipinski definition) is 8. The van der Waals surface area contributed by atoms with E-state index in [-0.39, 0.29) is 12.0 Å². The Bertz CT molecular complexity index is 1270. The quantitative estimate of drug-likeness (QED) is 0.387. The Morgan fingerprint density at radius 1 is 1.16 bits per heavy atom. The third-order valence-corrected chi connectivity index (χ3v) is 8.83. The van der Waals surface area contributed by atoms with Gasteiger partial charge in [-0.1, -0.05) is 26.0 Å². The summed E-state index contributed by atoms with van der Waals surface area (Å²) in [5.74, 6) is 0.977. The van der Waals surface area contributed by atoms with Crippen molar-refractivity contribution in [1.82, 2.24) is 14.7 Å². The van der Waals surface area contributed by atoms with Gasteiger partial charge in [-0.05, 0) is 64.0 Å². The number of carbonyl (C=O) groups is 2. The SMILES string of the molecule is C=C(C1CCC(N2CCN(C(C)=O)CC2)CC1)N1C=CN=C(C)/C1=C(/N)c1ccc(NC(=O)OC(C)CCC)c(OC)c1. The largest absolute Gasteiger partial charge is 0.495 e. The molecule has 0 bridgehead atoms. The minimum absolute atomic E-state index is 0.166. The number of amides is 2. The molecule has 1 aromatic rings. The topological polar surface area (TPSA) is 113 Å². The Hall–Kier alpha value is -3.79. The first-order valence-electron chi connectivity index (χ1n) is 15.5. The van der Waals surface area contributed by atoms with Gasteiger partial charge in [-0.2, -0.15) is 0 Å². The van der Waals surface area contributed by atoms with E-state index in [9.17, 15) is 9.59 Å². The molecule has 3 aliphatic rings. The van der Waals surface area contributed by atoms with Crippen LogP contribution >= 0.6 is 0 Å². The highest BCUT2D eigenvalue weighted by Gasteiger charge is 2.32. The van der Waals surface area contributed by atoms with Crippen LogP contribution in [-0.2, 0) is 9.53 Å². The summed E-state index contributed by atoms with van der Waals surface area (Å²) >= 11 is 0. The summed E-state index contributed by atoms with van der Waals surface area (Å²) in [4.78, 5) is 35.2. The molecule has 1 aliphatic carbocycles. The van der Waals surface area contributed by atoms with Crippen LogP contribution in [0.3, 0.4) is 0 Å². The predicted molar refractivity (Wildman–Crippen MR) is 171 cm³/mol. The first kappa shape index (κ1) is 32.1. The number of piperazine rings is 1. The summed E-state index contributed by atoms with van der Waals surface area (Å²) in [6, 6.07) is 6.00. The number of rotatable bonds is 9. The van der Waals surface area contributed by atoms with Gasteiger partial charge >= 0.3 is 6.09 Å². The standard InChI is InChI=1S/C33H48N6O4/c1-7-8-22(2)43-33(41)36-29-14-11-27(21-30(29)42-6)31(34)32-23(3)35-15-16-39(32)24(4)26-9-12-28(13-10-26)38-19-17-37(18-20-38)25(5)40/h11,14-16,21-22,26,28H,4,7-10,12-13,17-20,34H2,1-3,5-6H3,(H,36,41)/b32-31-. The predicted octanol–water partition coefficient (Wildman–Crippen LogP) is 5.54. The van der Waals surface area contributed by atoms with Gasteiger partial charge in [-0.3, -0.25) is 20.0 Å². The first-order chi connectivity index (χ1) is 20.6. The van der Waals surface area contributed by atoms with Crippen molar-refractivity contribution in [3.63, 3.8) is 0 Å². The monoisotopic (exact) mass is 592 g/mol. The van der Waals surface area contributed by atoms with Crippen molar-refractivity contribution in [3.8, 4) is 5.75 Å². The lowest BCUT2D eigenvalue weighted by Crippen LogP contribution is -2.52. The van der Waals surface area contributed by atoms with Gasteiger partial charge in [0.05, 0.1) is 29.9 Å². The van der Waals surface area contributed by atoms with Gasteiger partial charge in [0.1, 0.15) is 11.9 Å². The zero-order valence-corrected chi connectivity index (χ0v) is 26.4. The highest BCUT2D eigenvalue weighted by molar-refractivity contribution is 6.05. The Balaban J connectivity index is 1.45. The summed E-state index contributed by atoms with van der Waals surface area (Å²) < 4.78 is 11.0. The molecule has 0 radical (unpaired) electrons. The third kappa shape index (κ3) is 7.79. The number of allylic oxidation sites excluding steroid dienone is 2. The number of nitrogens with zero attached hydrogens (tertiary/aromatic N) is 4.